The van der Waals surface area contributed by atoms with E-state index in [2.05, 4.69) is 56.2 Å². The van der Waals surface area contributed by atoms with Crippen molar-refractivity contribution in [2.24, 2.45) is 0 Å². The molecular weight excluding hydrogens is 385 g/mol. The van der Waals surface area contributed by atoms with Crippen LogP contribution < -0.4 is 5.32 Å². The monoisotopic (exact) mass is 393 g/mol. The van der Waals surface area contributed by atoms with Crippen LogP contribution in [0.1, 0.15) is 10.4 Å². The lowest BCUT2D eigenvalue weighted by Crippen LogP contribution is -1.98. The summed E-state index contributed by atoms with van der Waals surface area (Å²) in [5.74, 6) is 0. The highest BCUT2D eigenvalue weighted by Gasteiger charge is 2.05. The maximum atomic E-state index is 6.12. The molecule has 0 unspecified atom stereocenters. The van der Waals surface area contributed by atoms with Gasteiger partial charge in [0.2, 0.25) is 0 Å². The Labute approximate surface area is 126 Å². The summed E-state index contributed by atoms with van der Waals surface area (Å²) in [5, 5.41) is 4.10. The van der Waals surface area contributed by atoms with Crippen LogP contribution in [-0.2, 0) is 6.54 Å². The third-order valence-electron chi connectivity index (χ3n) is 2.27. The van der Waals surface area contributed by atoms with E-state index in [4.69, 9.17) is 11.6 Å². The fourth-order valence-electron chi connectivity index (χ4n) is 1.44. The SMILES string of the molecule is Cc1ccc(Cl)c(NCc2cc(Br)c(Br)s2)c1. The minimum atomic E-state index is 0.755. The van der Waals surface area contributed by atoms with Crippen molar-refractivity contribution in [2.45, 2.75) is 13.5 Å². The number of benzene rings is 1. The molecule has 90 valence electrons. The lowest BCUT2D eigenvalue weighted by molar-refractivity contribution is 1.19. The Bertz CT molecular complexity index is 520. The number of nitrogens with one attached hydrogen (secondary N) is 1. The molecule has 0 fully saturated rings. The van der Waals surface area contributed by atoms with Crippen molar-refractivity contribution < 1.29 is 0 Å². The van der Waals surface area contributed by atoms with Crippen LogP contribution in [0.15, 0.2) is 32.5 Å². The van der Waals surface area contributed by atoms with E-state index < -0.39 is 0 Å². The molecule has 0 aliphatic heterocycles. The first kappa shape index (κ1) is 13.4. The predicted octanol–water partition coefficient (Wildman–Crippen LogP) is 5.85. The standard InChI is InChI=1S/C12H10Br2ClNS/c1-7-2-3-10(15)11(4-7)16-6-8-5-9(13)12(14)17-8/h2-5,16H,6H2,1H3. The molecule has 0 amide bonds. The van der Waals surface area contributed by atoms with E-state index in [0.717, 1.165) is 25.5 Å². The average Bonchev–Trinajstić information content (AvgIpc) is 2.60. The van der Waals surface area contributed by atoms with E-state index in [1.54, 1.807) is 11.3 Å². The Morgan fingerprint density at radius 3 is 2.71 bits per heavy atom. The van der Waals surface area contributed by atoms with E-state index >= 15 is 0 Å². The number of thiophene rings is 1. The van der Waals surface area contributed by atoms with Gasteiger partial charge in [-0.1, -0.05) is 17.7 Å². The molecule has 0 radical (unpaired) electrons. The maximum Gasteiger partial charge on any atom is 0.0843 e. The van der Waals surface area contributed by atoms with Crippen LogP contribution in [-0.4, -0.2) is 0 Å². The van der Waals surface area contributed by atoms with Crippen LogP contribution in [0.2, 0.25) is 5.02 Å². The van der Waals surface area contributed by atoms with Crippen molar-refractivity contribution in [3.63, 3.8) is 0 Å². The number of halogens is 3. The molecule has 0 aliphatic carbocycles. The first-order chi connectivity index (χ1) is 8.06. The van der Waals surface area contributed by atoms with Crippen LogP contribution in [0, 0.1) is 6.92 Å². The van der Waals surface area contributed by atoms with E-state index in [1.165, 1.54) is 10.4 Å². The smallest absolute Gasteiger partial charge is 0.0843 e. The Hall–Kier alpha value is -0.0300. The van der Waals surface area contributed by atoms with E-state index in [9.17, 15) is 0 Å². The number of aryl methyl sites for hydroxylation is 1. The van der Waals surface area contributed by atoms with Crippen molar-refractivity contribution >= 4 is 60.5 Å². The van der Waals surface area contributed by atoms with Crippen molar-refractivity contribution in [1.29, 1.82) is 0 Å². The molecule has 5 heteroatoms. The molecule has 2 aromatic rings. The van der Waals surface area contributed by atoms with Crippen LogP contribution in [0.25, 0.3) is 0 Å². The van der Waals surface area contributed by atoms with Gasteiger partial charge in [0.25, 0.3) is 0 Å². The van der Waals surface area contributed by atoms with Crippen molar-refractivity contribution in [3.8, 4) is 0 Å². The molecule has 0 saturated carbocycles. The molecule has 0 spiro atoms. The third kappa shape index (κ3) is 3.47. The van der Waals surface area contributed by atoms with Gasteiger partial charge in [0.05, 0.1) is 14.5 Å². The fourth-order valence-corrected chi connectivity index (χ4v) is 3.74. The van der Waals surface area contributed by atoms with Gasteiger partial charge in [-0.2, -0.15) is 0 Å². The molecule has 0 aliphatic rings. The van der Waals surface area contributed by atoms with Gasteiger partial charge in [0.15, 0.2) is 0 Å². The fraction of sp³-hybridized carbons (Fsp3) is 0.167. The van der Waals surface area contributed by atoms with Gasteiger partial charge in [-0.15, -0.1) is 11.3 Å². The zero-order valence-electron chi connectivity index (χ0n) is 9.06. The lowest BCUT2D eigenvalue weighted by atomic mass is 10.2. The van der Waals surface area contributed by atoms with Crippen LogP contribution in [0.4, 0.5) is 5.69 Å². The van der Waals surface area contributed by atoms with Gasteiger partial charge in [-0.3, -0.25) is 0 Å². The Balaban J connectivity index is 2.09. The number of anilines is 1. The highest BCUT2D eigenvalue weighted by molar-refractivity contribution is 9.13. The summed E-state index contributed by atoms with van der Waals surface area (Å²) >= 11 is 14.8. The number of hydrogen-bond acceptors (Lipinski definition) is 2. The molecule has 1 aromatic carbocycles. The zero-order chi connectivity index (χ0) is 12.4. The number of hydrogen-bond donors (Lipinski definition) is 1. The summed E-state index contributed by atoms with van der Waals surface area (Å²) in [6, 6.07) is 8.08. The summed E-state index contributed by atoms with van der Waals surface area (Å²) in [7, 11) is 0. The second-order valence-corrected chi connectivity index (χ2v) is 7.39. The Kier molecular flexibility index (Phi) is 4.53. The molecule has 1 aromatic heterocycles. The zero-order valence-corrected chi connectivity index (χ0v) is 13.8. The van der Waals surface area contributed by atoms with Gasteiger partial charge in [-0.25, -0.2) is 0 Å². The second kappa shape index (κ2) is 5.74. The van der Waals surface area contributed by atoms with Crippen molar-refractivity contribution in [2.75, 3.05) is 5.32 Å². The van der Waals surface area contributed by atoms with Crippen LogP contribution >= 0.6 is 54.8 Å². The molecule has 1 nitrogen and oxygen atoms in total. The summed E-state index contributed by atoms with van der Waals surface area (Å²) in [5.41, 5.74) is 2.18. The first-order valence-electron chi connectivity index (χ1n) is 5.00. The van der Waals surface area contributed by atoms with Crippen molar-refractivity contribution in [1.82, 2.24) is 0 Å². The molecular formula is C12H10Br2ClNS. The largest absolute Gasteiger partial charge is 0.379 e. The normalized spacial score (nSPS) is 10.6. The van der Waals surface area contributed by atoms with Gasteiger partial charge in [0, 0.05) is 15.9 Å². The topological polar surface area (TPSA) is 12.0 Å². The molecule has 1 heterocycles. The van der Waals surface area contributed by atoms with Gasteiger partial charge >= 0.3 is 0 Å². The molecule has 0 atom stereocenters. The average molecular weight is 396 g/mol. The minimum Gasteiger partial charge on any atom is -0.379 e. The predicted molar refractivity (Wildman–Crippen MR) is 83.2 cm³/mol. The summed E-state index contributed by atoms with van der Waals surface area (Å²) < 4.78 is 2.21. The van der Waals surface area contributed by atoms with Gasteiger partial charge < -0.3 is 5.32 Å². The summed E-state index contributed by atoms with van der Waals surface area (Å²) in [6.45, 7) is 2.83. The molecule has 0 bridgehead atoms. The highest BCUT2D eigenvalue weighted by Crippen LogP contribution is 2.33. The quantitative estimate of drug-likeness (QED) is 0.688. The van der Waals surface area contributed by atoms with Crippen LogP contribution in [0.3, 0.4) is 0 Å². The Morgan fingerprint density at radius 1 is 1.29 bits per heavy atom. The minimum absolute atomic E-state index is 0.755. The maximum absolute atomic E-state index is 6.12. The van der Waals surface area contributed by atoms with Crippen molar-refractivity contribution in [3.05, 3.63) is 48.0 Å². The van der Waals surface area contributed by atoms with E-state index in [-0.39, 0.29) is 0 Å². The lowest BCUT2D eigenvalue weighted by Gasteiger charge is -2.07. The Morgan fingerprint density at radius 2 is 2.06 bits per heavy atom. The van der Waals surface area contributed by atoms with Gasteiger partial charge in [-0.05, 0) is 62.5 Å². The van der Waals surface area contributed by atoms with E-state index in [1.807, 2.05) is 12.1 Å². The number of rotatable bonds is 3. The summed E-state index contributed by atoms with van der Waals surface area (Å²) in [4.78, 5) is 1.25. The second-order valence-electron chi connectivity index (χ2n) is 3.67. The molecule has 2 rings (SSSR count). The van der Waals surface area contributed by atoms with Gasteiger partial charge in [0.1, 0.15) is 0 Å². The molecule has 17 heavy (non-hydrogen) atoms. The first-order valence-corrected chi connectivity index (χ1v) is 7.78. The molecule has 0 saturated heterocycles. The third-order valence-corrected chi connectivity index (χ3v) is 5.86. The van der Waals surface area contributed by atoms with Crippen LogP contribution in [0.5, 0.6) is 0 Å². The molecule has 1 N–H and O–H groups in total. The highest BCUT2D eigenvalue weighted by atomic mass is 79.9. The van der Waals surface area contributed by atoms with E-state index in [0.29, 0.717) is 0 Å². The summed E-state index contributed by atoms with van der Waals surface area (Å²) in [6.07, 6.45) is 0.